The molecule has 4 nitrogen and oxygen atoms in total. The van der Waals surface area contributed by atoms with Crippen molar-refractivity contribution in [3.8, 4) is 0 Å². The summed E-state index contributed by atoms with van der Waals surface area (Å²) in [5.74, 6) is 0.639. The molecule has 2 aliphatic rings. The minimum Gasteiger partial charge on any atom is -0.393 e. The first-order valence-corrected chi connectivity index (χ1v) is 6.77. The monoisotopic (exact) mass is 241 g/mol. The minimum atomic E-state index is -0.236. The van der Waals surface area contributed by atoms with Gasteiger partial charge in [-0.2, -0.15) is 0 Å². The maximum absolute atomic E-state index is 12.0. The minimum absolute atomic E-state index is 0.0973. The van der Waals surface area contributed by atoms with Gasteiger partial charge in [0.2, 0.25) is 5.91 Å². The Morgan fingerprint density at radius 1 is 1.47 bits per heavy atom. The average molecular weight is 241 g/mol. The molecule has 1 heterocycles. The molecule has 0 aromatic rings. The fourth-order valence-electron chi connectivity index (χ4n) is 3.10. The van der Waals surface area contributed by atoms with E-state index in [0.29, 0.717) is 12.5 Å². The molecule has 1 amide bonds. The molecule has 4 heteroatoms. The van der Waals surface area contributed by atoms with Gasteiger partial charge in [-0.3, -0.25) is 4.79 Å². The molecule has 1 saturated carbocycles. The molecule has 1 aliphatic heterocycles. The van der Waals surface area contributed by atoms with Crippen LogP contribution in [-0.4, -0.2) is 47.8 Å². The van der Waals surface area contributed by atoms with E-state index in [1.54, 1.807) is 0 Å². The van der Waals surface area contributed by atoms with Crippen LogP contribution in [0.5, 0.6) is 0 Å². The van der Waals surface area contributed by atoms with E-state index in [1.807, 2.05) is 4.90 Å². The first-order valence-electron chi connectivity index (χ1n) is 6.77. The SMILES string of the molecule is CCC1CCC(O)CC1N1CCCOCC1=O. The van der Waals surface area contributed by atoms with Gasteiger partial charge in [0.05, 0.1) is 6.10 Å². The number of hydrogen-bond acceptors (Lipinski definition) is 3. The van der Waals surface area contributed by atoms with Crippen molar-refractivity contribution in [2.75, 3.05) is 19.8 Å². The quantitative estimate of drug-likeness (QED) is 0.789. The molecule has 2 rings (SSSR count). The van der Waals surface area contributed by atoms with Crippen LogP contribution in [0.1, 0.15) is 39.0 Å². The fourth-order valence-corrected chi connectivity index (χ4v) is 3.10. The first-order chi connectivity index (χ1) is 8.22. The smallest absolute Gasteiger partial charge is 0.248 e. The van der Waals surface area contributed by atoms with Crippen molar-refractivity contribution in [3.05, 3.63) is 0 Å². The molecule has 0 aromatic carbocycles. The van der Waals surface area contributed by atoms with Crippen LogP contribution in [0.3, 0.4) is 0 Å². The number of carbonyl (C=O) groups is 1. The molecule has 3 unspecified atom stereocenters. The molecule has 1 saturated heterocycles. The molecule has 17 heavy (non-hydrogen) atoms. The molecule has 0 spiro atoms. The number of ether oxygens (including phenoxy) is 1. The molecule has 1 aliphatic carbocycles. The number of rotatable bonds is 2. The first kappa shape index (κ1) is 12.8. The van der Waals surface area contributed by atoms with Gasteiger partial charge >= 0.3 is 0 Å². The number of amides is 1. The Bertz CT molecular complexity index is 269. The van der Waals surface area contributed by atoms with Crippen molar-refractivity contribution in [1.82, 2.24) is 4.90 Å². The van der Waals surface area contributed by atoms with Crippen molar-refractivity contribution in [3.63, 3.8) is 0 Å². The molecule has 0 radical (unpaired) electrons. The highest BCUT2D eigenvalue weighted by molar-refractivity contribution is 5.78. The van der Waals surface area contributed by atoms with E-state index in [-0.39, 0.29) is 24.7 Å². The van der Waals surface area contributed by atoms with Crippen LogP contribution in [0.25, 0.3) is 0 Å². The maximum atomic E-state index is 12.0. The molecule has 3 atom stereocenters. The normalized spacial score (nSPS) is 35.8. The van der Waals surface area contributed by atoms with Gasteiger partial charge in [0, 0.05) is 19.2 Å². The van der Waals surface area contributed by atoms with Crippen molar-refractivity contribution in [2.45, 2.75) is 51.2 Å². The molecule has 0 aromatic heterocycles. The summed E-state index contributed by atoms with van der Waals surface area (Å²) < 4.78 is 5.27. The Labute approximate surface area is 103 Å². The molecule has 0 bridgehead atoms. The fraction of sp³-hybridized carbons (Fsp3) is 0.923. The summed E-state index contributed by atoms with van der Waals surface area (Å²) in [4.78, 5) is 14.0. The lowest BCUT2D eigenvalue weighted by Crippen LogP contribution is -2.49. The third-order valence-electron chi connectivity index (χ3n) is 4.09. The van der Waals surface area contributed by atoms with E-state index in [4.69, 9.17) is 4.74 Å². The van der Waals surface area contributed by atoms with Gasteiger partial charge in [0.1, 0.15) is 6.61 Å². The predicted octanol–water partition coefficient (Wildman–Crippen LogP) is 1.17. The van der Waals surface area contributed by atoms with Gasteiger partial charge in [-0.25, -0.2) is 0 Å². The highest BCUT2D eigenvalue weighted by Gasteiger charge is 2.35. The number of aliphatic hydroxyl groups excluding tert-OH is 1. The number of nitrogens with zero attached hydrogens (tertiary/aromatic N) is 1. The van der Waals surface area contributed by atoms with Crippen molar-refractivity contribution in [2.24, 2.45) is 5.92 Å². The molecule has 98 valence electrons. The Kier molecular flexibility index (Phi) is 4.40. The molecule has 2 fully saturated rings. The third kappa shape index (κ3) is 2.99. The standard InChI is InChI=1S/C13H23NO3/c1-2-10-4-5-11(15)8-12(10)14-6-3-7-17-9-13(14)16/h10-12,15H,2-9H2,1H3. The van der Waals surface area contributed by atoms with E-state index in [9.17, 15) is 9.90 Å². The molecule has 1 N–H and O–H groups in total. The summed E-state index contributed by atoms with van der Waals surface area (Å²) in [7, 11) is 0. The third-order valence-corrected chi connectivity index (χ3v) is 4.09. The Morgan fingerprint density at radius 2 is 2.29 bits per heavy atom. The van der Waals surface area contributed by atoms with Gasteiger partial charge < -0.3 is 14.7 Å². The molecular weight excluding hydrogens is 218 g/mol. The van der Waals surface area contributed by atoms with Gasteiger partial charge in [-0.1, -0.05) is 13.3 Å². The number of hydrogen-bond donors (Lipinski definition) is 1. The van der Waals surface area contributed by atoms with Gasteiger partial charge in [0.15, 0.2) is 0 Å². The van der Waals surface area contributed by atoms with Gasteiger partial charge in [-0.15, -0.1) is 0 Å². The lowest BCUT2D eigenvalue weighted by atomic mass is 9.80. The van der Waals surface area contributed by atoms with Crippen molar-refractivity contribution in [1.29, 1.82) is 0 Å². The van der Waals surface area contributed by atoms with Gasteiger partial charge in [0.25, 0.3) is 0 Å². The lowest BCUT2D eigenvalue weighted by Gasteiger charge is -2.40. The van der Waals surface area contributed by atoms with E-state index in [2.05, 4.69) is 6.92 Å². The Balaban J connectivity index is 2.07. The summed E-state index contributed by atoms with van der Waals surface area (Å²) in [6, 6.07) is 0.220. The Morgan fingerprint density at radius 3 is 3.06 bits per heavy atom. The summed E-state index contributed by atoms with van der Waals surface area (Å²) >= 11 is 0. The molecular formula is C13H23NO3. The van der Waals surface area contributed by atoms with Crippen molar-refractivity contribution < 1.29 is 14.6 Å². The van der Waals surface area contributed by atoms with Crippen LogP contribution in [0.15, 0.2) is 0 Å². The lowest BCUT2D eigenvalue weighted by molar-refractivity contribution is -0.138. The van der Waals surface area contributed by atoms with E-state index >= 15 is 0 Å². The summed E-state index contributed by atoms with van der Waals surface area (Å²) in [6.07, 6.45) is 4.42. The van der Waals surface area contributed by atoms with E-state index in [1.165, 1.54) is 0 Å². The topological polar surface area (TPSA) is 49.8 Å². The van der Waals surface area contributed by atoms with Crippen LogP contribution in [0, 0.1) is 5.92 Å². The Hall–Kier alpha value is -0.610. The van der Waals surface area contributed by atoms with Crippen LogP contribution in [-0.2, 0) is 9.53 Å². The largest absolute Gasteiger partial charge is 0.393 e. The van der Waals surface area contributed by atoms with Crippen LogP contribution >= 0.6 is 0 Å². The second-order valence-electron chi connectivity index (χ2n) is 5.20. The van der Waals surface area contributed by atoms with E-state index < -0.39 is 0 Å². The maximum Gasteiger partial charge on any atom is 0.248 e. The van der Waals surface area contributed by atoms with Crippen LogP contribution in [0.2, 0.25) is 0 Å². The summed E-state index contributed by atoms with van der Waals surface area (Å²) in [6.45, 7) is 3.85. The second kappa shape index (κ2) is 5.83. The van der Waals surface area contributed by atoms with Crippen LogP contribution in [0.4, 0.5) is 0 Å². The second-order valence-corrected chi connectivity index (χ2v) is 5.20. The highest BCUT2D eigenvalue weighted by atomic mass is 16.5. The number of carbonyl (C=O) groups excluding carboxylic acids is 1. The zero-order valence-corrected chi connectivity index (χ0v) is 10.6. The average Bonchev–Trinajstić information content (AvgIpc) is 2.54. The van der Waals surface area contributed by atoms with Crippen molar-refractivity contribution >= 4 is 5.91 Å². The van der Waals surface area contributed by atoms with Gasteiger partial charge in [-0.05, 0) is 31.6 Å². The predicted molar refractivity (Wildman–Crippen MR) is 64.6 cm³/mol. The summed E-state index contributed by atoms with van der Waals surface area (Å²) in [5.41, 5.74) is 0. The highest BCUT2D eigenvalue weighted by Crippen LogP contribution is 2.31. The number of aliphatic hydroxyl groups is 1. The zero-order chi connectivity index (χ0) is 12.3. The van der Waals surface area contributed by atoms with Crippen LogP contribution < -0.4 is 0 Å². The van der Waals surface area contributed by atoms with E-state index in [0.717, 1.165) is 38.6 Å². The zero-order valence-electron chi connectivity index (χ0n) is 10.6. The summed E-state index contributed by atoms with van der Waals surface area (Å²) in [5, 5.41) is 9.81.